The van der Waals surface area contributed by atoms with Gasteiger partial charge in [-0.2, -0.15) is 9.29 Å². The zero-order valence-electron chi connectivity index (χ0n) is 40.3. The van der Waals surface area contributed by atoms with E-state index in [0.717, 1.165) is 68.0 Å². The lowest BCUT2D eigenvalue weighted by Crippen LogP contribution is -2.36. The Morgan fingerprint density at radius 1 is 0.794 bits per heavy atom. The Morgan fingerprint density at radius 3 is 2.13 bits per heavy atom. The second-order valence-corrected chi connectivity index (χ2v) is 20.6. The lowest BCUT2D eigenvalue weighted by molar-refractivity contribution is -0.161. The van der Waals surface area contributed by atoms with Gasteiger partial charge in [0.05, 0.1) is 25.4 Å². The number of ether oxygens (including phenoxy) is 4. The van der Waals surface area contributed by atoms with Gasteiger partial charge in [0.15, 0.2) is 12.3 Å². The zero-order valence-corrected chi connectivity index (χ0v) is 42.1. The van der Waals surface area contributed by atoms with Crippen molar-refractivity contribution in [3.05, 3.63) is 59.2 Å². The van der Waals surface area contributed by atoms with Gasteiger partial charge in [-0.1, -0.05) is 128 Å². The van der Waals surface area contributed by atoms with E-state index in [-0.39, 0.29) is 30.9 Å². The number of aliphatic hydroxyl groups is 2. The van der Waals surface area contributed by atoms with Gasteiger partial charge in [-0.25, -0.2) is 13.9 Å². The van der Waals surface area contributed by atoms with Gasteiger partial charge < -0.3 is 44.7 Å². The van der Waals surface area contributed by atoms with Crippen LogP contribution in [0.2, 0.25) is 0 Å². The van der Waals surface area contributed by atoms with Crippen LogP contribution in [-0.2, 0) is 51.0 Å². The maximum Gasteiger partial charge on any atom is 0.481 e. The summed E-state index contributed by atoms with van der Waals surface area (Å²) >= 11 is 0. The molecule has 6 N–H and O–H groups in total. The van der Waals surface area contributed by atoms with Gasteiger partial charge >= 0.3 is 33.3 Å². The van der Waals surface area contributed by atoms with E-state index >= 15 is 0 Å². The number of nitrogens with two attached hydrogens (primary N) is 1. The summed E-state index contributed by atoms with van der Waals surface area (Å²) in [7, 11) is -10.9. The third-order valence-electron chi connectivity index (χ3n) is 11.7. The first-order chi connectivity index (χ1) is 32.5. The van der Waals surface area contributed by atoms with E-state index in [1.807, 2.05) is 0 Å². The largest absolute Gasteiger partial charge is 0.481 e. The summed E-state index contributed by atoms with van der Waals surface area (Å²) in [5.74, 6) is -0.610. The molecule has 0 spiro atoms. The van der Waals surface area contributed by atoms with Crippen LogP contribution in [0, 0.1) is 5.92 Å². The number of carbonyl (C=O) groups excluding carboxylic acids is 2. The number of allylic oxidation sites excluding steroid dienone is 5. The Labute approximate surface area is 402 Å². The molecule has 2 saturated heterocycles. The van der Waals surface area contributed by atoms with E-state index in [1.165, 1.54) is 57.4 Å². The number of hydrogen-bond donors (Lipinski definition) is 5. The van der Waals surface area contributed by atoms with Crippen LogP contribution >= 0.6 is 15.6 Å². The fraction of sp³-hybridized carbons (Fsp3) is 0.745. The Bertz CT molecular complexity index is 1860. The number of unbranched alkanes of at least 4 members (excludes halogenated alkanes) is 10. The van der Waals surface area contributed by atoms with Gasteiger partial charge in [-0.3, -0.25) is 23.2 Å². The van der Waals surface area contributed by atoms with Gasteiger partial charge in [0.2, 0.25) is 0 Å². The van der Waals surface area contributed by atoms with Crippen LogP contribution in [0.25, 0.3) is 0 Å². The molecule has 68 heavy (non-hydrogen) atoms. The molecule has 21 heteroatoms. The molecule has 19 nitrogen and oxygen atoms in total. The summed E-state index contributed by atoms with van der Waals surface area (Å²) in [6.07, 6.45) is 25.5. The molecule has 10 atom stereocenters. The Kier molecular flexibility index (Phi) is 28.5. The van der Waals surface area contributed by atoms with Crippen LogP contribution in [0.5, 0.6) is 0 Å². The van der Waals surface area contributed by atoms with Crippen molar-refractivity contribution in [1.29, 1.82) is 0 Å². The second-order valence-electron chi connectivity index (χ2n) is 17.6. The van der Waals surface area contributed by atoms with E-state index in [9.17, 15) is 43.5 Å². The summed E-state index contributed by atoms with van der Waals surface area (Å²) in [6.45, 7) is 4.33. The van der Waals surface area contributed by atoms with Crippen LogP contribution in [0.4, 0.5) is 5.82 Å². The maximum absolute atomic E-state index is 12.9. The maximum atomic E-state index is 12.9. The molecule has 0 saturated carbocycles. The fourth-order valence-corrected chi connectivity index (χ4v) is 9.49. The highest BCUT2D eigenvalue weighted by molar-refractivity contribution is 7.61. The number of nitrogens with zero attached hydrogens (tertiary/aromatic N) is 2. The molecule has 3 rings (SSSR count). The quantitative estimate of drug-likeness (QED) is 0.0137. The summed E-state index contributed by atoms with van der Waals surface area (Å²) in [6, 6.07) is 1.24. The molecule has 3 heterocycles. The average molecular weight is 1000 g/mol. The number of esters is 2. The summed E-state index contributed by atoms with van der Waals surface area (Å²) < 4.78 is 62.5. The third kappa shape index (κ3) is 25.2. The minimum absolute atomic E-state index is 0.00481. The monoisotopic (exact) mass is 1000 g/mol. The Hall–Kier alpha value is -3.06. The SMILES string of the molecule is CCCCC/C=C\C/C=C\C/C=C\CC1OC1CCCC(=O)O[C@H](COC(=O)CCCCCCCCCCC(C)CC)COP(=O)(O)OP(=O)(O)OC[C@H]1O[C@@H](n2ccc(N)nc2=O)[C@H](O)[C@@H]1O. The lowest BCUT2D eigenvalue weighted by Gasteiger charge is -2.21. The number of phosphoric ester groups is 2. The molecular weight excluding hydrogens is 924 g/mol. The van der Waals surface area contributed by atoms with E-state index in [4.69, 9.17) is 33.7 Å². The first-order valence-electron chi connectivity index (χ1n) is 24.5. The topological polar surface area (TPSA) is 278 Å². The number of epoxide rings is 1. The first kappa shape index (κ1) is 59.2. The fourth-order valence-electron chi connectivity index (χ4n) is 7.38. The molecule has 5 unspecified atom stereocenters. The van der Waals surface area contributed by atoms with E-state index in [0.29, 0.717) is 19.3 Å². The van der Waals surface area contributed by atoms with Crippen molar-refractivity contribution in [2.45, 2.75) is 198 Å². The molecule has 2 fully saturated rings. The van der Waals surface area contributed by atoms with Crippen LogP contribution in [0.3, 0.4) is 0 Å². The van der Waals surface area contributed by atoms with Crippen LogP contribution in [0.15, 0.2) is 53.5 Å². The average Bonchev–Trinajstić information content (AvgIpc) is 3.98. The summed E-state index contributed by atoms with van der Waals surface area (Å²) in [5.41, 5.74) is 4.58. The van der Waals surface area contributed by atoms with Crippen molar-refractivity contribution >= 4 is 33.4 Å². The van der Waals surface area contributed by atoms with Crippen molar-refractivity contribution in [2.24, 2.45) is 5.92 Å². The van der Waals surface area contributed by atoms with Crippen LogP contribution in [-0.4, -0.2) is 97.9 Å². The highest BCUT2D eigenvalue weighted by Gasteiger charge is 2.46. The zero-order chi connectivity index (χ0) is 49.8. The first-order valence-corrected chi connectivity index (χ1v) is 27.5. The van der Waals surface area contributed by atoms with Gasteiger partial charge in [0, 0.05) is 19.0 Å². The molecule has 2 aliphatic rings. The number of hydrogen-bond acceptors (Lipinski definition) is 16. The van der Waals surface area contributed by atoms with Gasteiger partial charge in [-0.15, -0.1) is 0 Å². The number of phosphoric acid groups is 2. The molecule has 0 aromatic carbocycles. The minimum Gasteiger partial charge on any atom is -0.462 e. The molecular formula is C47H79N3O16P2. The van der Waals surface area contributed by atoms with Crippen molar-refractivity contribution in [1.82, 2.24) is 9.55 Å². The summed E-state index contributed by atoms with van der Waals surface area (Å²) in [4.78, 5) is 61.9. The lowest BCUT2D eigenvalue weighted by atomic mass is 9.99. The number of nitrogen functional groups attached to an aromatic ring is 1. The Balaban J connectivity index is 1.44. The molecule has 0 radical (unpaired) electrons. The Morgan fingerprint density at radius 2 is 1.44 bits per heavy atom. The van der Waals surface area contributed by atoms with Crippen molar-refractivity contribution in [3.63, 3.8) is 0 Å². The molecule has 1 aromatic heterocycles. The second kappa shape index (κ2) is 32.8. The van der Waals surface area contributed by atoms with E-state index in [2.05, 4.69) is 66.5 Å². The third-order valence-corrected chi connectivity index (χ3v) is 14.3. The number of rotatable bonds is 38. The number of anilines is 1. The molecule has 0 amide bonds. The van der Waals surface area contributed by atoms with Crippen LogP contribution < -0.4 is 11.4 Å². The molecule has 2 aliphatic heterocycles. The van der Waals surface area contributed by atoms with Gasteiger partial charge in [0.25, 0.3) is 0 Å². The molecule has 1 aromatic rings. The van der Waals surface area contributed by atoms with Crippen molar-refractivity contribution in [3.8, 4) is 0 Å². The predicted octanol–water partition coefficient (Wildman–Crippen LogP) is 8.45. The number of aromatic nitrogens is 2. The molecule has 0 aliphatic carbocycles. The van der Waals surface area contributed by atoms with Gasteiger partial charge in [0.1, 0.15) is 30.7 Å². The number of carbonyl (C=O) groups is 2. The molecule has 388 valence electrons. The number of aliphatic hydroxyl groups excluding tert-OH is 2. The highest BCUT2D eigenvalue weighted by Crippen LogP contribution is 2.60. The summed E-state index contributed by atoms with van der Waals surface area (Å²) in [5, 5.41) is 20.9. The standard InChI is InChI=1S/C47H79N3O16P2/c1-4-6-7-8-9-10-11-12-13-17-20-23-27-38-39(64-38)28-25-30-43(52)63-37(33-60-42(51)29-24-21-18-15-14-16-19-22-26-36(3)5-2)34-61-67(56,57)66-68(58,59)62-35-40-44(53)45(54)46(65-40)50-32-31-41(48)49-47(50)55/h9-10,12-13,20,23,31-32,36-40,44-46,53-54H,4-8,11,14-19,21-22,24-30,33-35H2,1-3H3,(H,56,57)(H,58,59)(H2,48,49,55)/b10-9-,13-12-,23-20-/t36?,37-,38?,39?,40-,44-,45-,46-/m1/s1. The highest BCUT2D eigenvalue weighted by atomic mass is 31.3. The molecule has 0 bridgehead atoms. The van der Waals surface area contributed by atoms with E-state index in [1.54, 1.807) is 0 Å². The minimum atomic E-state index is -5.44. The van der Waals surface area contributed by atoms with E-state index < -0.39 is 83.7 Å². The normalized spacial score (nSPS) is 23.2. The van der Waals surface area contributed by atoms with Crippen molar-refractivity contribution < 1.29 is 71.0 Å². The predicted molar refractivity (Wildman–Crippen MR) is 256 cm³/mol. The van der Waals surface area contributed by atoms with Crippen LogP contribution in [0.1, 0.15) is 162 Å². The van der Waals surface area contributed by atoms with Gasteiger partial charge in [-0.05, 0) is 63.4 Å². The smallest absolute Gasteiger partial charge is 0.462 e. The van der Waals surface area contributed by atoms with Crippen molar-refractivity contribution in [2.75, 3.05) is 25.6 Å².